The highest BCUT2D eigenvalue weighted by molar-refractivity contribution is 7.10. The SMILES string of the molecule is COC(=O)c1csc(C=CCN)n1. The lowest BCUT2D eigenvalue weighted by molar-refractivity contribution is 0.0595. The van der Waals surface area contributed by atoms with Gasteiger partial charge in [0.15, 0.2) is 5.69 Å². The molecule has 1 aromatic rings. The van der Waals surface area contributed by atoms with Crippen LogP contribution in [0.1, 0.15) is 15.5 Å². The summed E-state index contributed by atoms with van der Waals surface area (Å²) in [6.07, 6.45) is 3.55. The Kier molecular flexibility index (Phi) is 3.60. The highest BCUT2D eigenvalue weighted by Crippen LogP contribution is 2.11. The van der Waals surface area contributed by atoms with Crippen LogP contribution in [0.3, 0.4) is 0 Å². The molecule has 0 aromatic carbocycles. The van der Waals surface area contributed by atoms with Crippen molar-refractivity contribution < 1.29 is 9.53 Å². The number of ether oxygens (including phenoxy) is 1. The molecule has 13 heavy (non-hydrogen) atoms. The van der Waals surface area contributed by atoms with Gasteiger partial charge >= 0.3 is 5.97 Å². The summed E-state index contributed by atoms with van der Waals surface area (Å²) in [6, 6.07) is 0. The third-order valence-corrected chi connectivity index (χ3v) is 2.12. The van der Waals surface area contributed by atoms with E-state index in [0.717, 1.165) is 5.01 Å². The second kappa shape index (κ2) is 4.74. The number of carbonyl (C=O) groups excluding carboxylic acids is 1. The van der Waals surface area contributed by atoms with Crippen molar-refractivity contribution in [3.8, 4) is 0 Å². The average molecular weight is 198 g/mol. The van der Waals surface area contributed by atoms with E-state index in [-0.39, 0.29) is 0 Å². The Morgan fingerprint density at radius 2 is 2.62 bits per heavy atom. The predicted molar refractivity (Wildman–Crippen MR) is 51.5 cm³/mol. The summed E-state index contributed by atoms with van der Waals surface area (Å²) in [6.45, 7) is 0.465. The van der Waals surface area contributed by atoms with Crippen molar-refractivity contribution in [1.29, 1.82) is 0 Å². The minimum atomic E-state index is -0.413. The highest BCUT2D eigenvalue weighted by atomic mass is 32.1. The molecule has 0 spiro atoms. The number of esters is 1. The molecule has 1 rings (SSSR count). The van der Waals surface area contributed by atoms with Crippen LogP contribution < -0.4 is 5.73 Å². The van der Waals surface area contributed by atoms with Gasteiger partial charge in [0.25, 0.3) is 0 Å². The van der Waals surface area contributed by atoms with Gasteiger partial charge < -0.3 is 10.5 Å². The summed E-state index contributed by atoms with van der Waals surface area (Å²) in [5, 5.41) is 2.41. The van der Waals surface area contributed by atoms with Gasteiger partial charge in [0, 0.05) is 11.9 Å². The number of carbonyl (C=O) groups is 1. The predicted octanol–water partition coefficient (Wildman–Crippen LogP) is 0.902. The first-order valence-electron chi connectivity index (χ1n) is 3.68. The molecule has 0 fully saturated rings. The minimum Gasteiger partial charge on any atom is -0.464 e. The van der Waals surface area contributed by atoms with Crippen LogP contribution in [0, 0.1) is 0 Å². The molecule has 0 saturated heterocycles. The first-order valence-corrected chi connectivity index (χ1v) is 4.56. The van der Waals surface area contributed by atoms with Gasteiger partial charge in [-0.05, 0) is 6.08 Å². The molecule has 0 saturated carbocycles. The van der Waals surface area contributed by atoms with Crippen LogP contribution in [0.2, 0.25) is 0 Å². The maximum atomic E-state index is 11.0. The molecule has 0 amide bonds. The molecule has 0 bridgehead atoms. The number of nitrogens with two attached hydrogens (primary N) is 1. The summed E-state index contributed by atoms with van der Waals surface area (Å²) in [5.74, 6) is -0.413. The minimum absolute atomic E-state index is 0.337. The third kappa shape index (κ3) is 2.64. The van der Waals surface area contributed by atoms with Gasteiger partial charge in [0.1, 0.15) is 5.01 Å². The van der Waals surface area contributed by atoms with Crippen LogP contribution in [0.25, 0.3) is 6.08 Å². The molecular formula is C8H10N2O2S. The molecule has 0 aliphatic carbocycles. The van der Waals surface area contributed by atoms with Crippen LogP contribution in [0.5, 0.6) is 0 Å². The molecule has 5 heteroatoms. The first kappa shape index (κ1) is 9.88. The Morgan fingerprint density at radius 1 is 1.85 bits per heavy atom. The van der Waals surface area contributed by atoms with Gasteiger partial charge in [-0.3, -0.25) is 0 Å². The Morgan fingerprint density at radius 3 is 3.23 bits per heavy atom. The van der Waals surface area contributed by atoms with Crippen LogP contribution >= 0.6 is 11.3 Å². The van der Waals surface area contributed by atoms with Crippen molar-refractivity contribution in [2.45, 2.75) is 0 Å². The lowest BCUT2D eigenvalue weighted by Crippen LogP contribution is -2.00. The summed E-state index contributed by atoms with van der Waals surface area (Å²) in [7, 11) is 1.33. The van der Waals surface area contributed by atoms with Crippen molar-refractivity contribution >= 4 is 23.4 Å². The average Bonchev–Trinajstić information content (AvgIpc) is 2.62. The fraction of sp³-hybridized carbons (Fsp3) is 0.250. The Bertz CT molecular complexity index is 320. The monoisotopic (exact) mass is 198 g/mol. The lowest BCUT2D eigenvalue weighted by Gasteiger charge is -1.90. The van der Waals surface area contributed by atoms with E-state index in [9.17, 15) is 4.79 Å². The van der Waals surface area contributed by atoms with Gasteiger partial charge in [0.05, 0.1) is 7.11 Å². The van der Waals surface area contributed by atoms with Crippen molar-refractivity contribution in [2.24, 2.45) is 5.73 Å². The van der Waals surface area contributed by atoms with E-state index in [1.54, 1.807) is 17.5 Å². The van der Waals surface area contributed by atoms with E-state index in [1.165, 1.54) is 18.4 Å². The van der Waals surface area contributed by atoms with Gasteiger partial charge in [0.2, 0.25) is 0 Å². The number of hydrogen-bond donors (Lipinski definition) is 1. The number of rotatable bonds is 3. The molecule has 0 aliphatic rings. The van der Waals surface area contributed by atoms with E-state index in [4.69, 9.17) is 5.73 Å². The van der Waals surface area contributed by atoms with E-state index < -0.39 is 5.97 Å². The quantitative estimate of drug-likeness (QED) is 0.733. The Hall–Kier alpha value is -1.20. The zero-order valence-corrected chi connectivity index (χ0v) is 8.00. The summed E-state index contributed by atoms with van der Waals surface area (Å²) in [5.41, 5.74) is 5.60. The molecule has 0 radical (unpaired) electrons. The van der Waals surface area contributed by atoms with Crippen molar-refractivity contribution in [3.63, 3.8) is 0 Å². The number of nitrogens with zero attached hydrogens (tertiary/aromatic N) is 1. The largest absolute Gasteiger partial charge is 0.464 e. The van der Waals surface area contributed by atoms with Gasteiger partial charge in [-0.2, -0.15) is 0 Å². The van der Waals surface area contributed by atoms with Gasteiger partial charge in [-0.1, -0.05) is 6.08 Å². The van der Waals surface area contributed by atoms with Crippen LogP contribution in [0.15, 0.2) is 11.5 Å². The fourth-order valence-electron chi connectivity index (χ4n) is 0.731. The zero-order valence-electron chi connectivity index (χ0n) is 7.19. The maximum absolute atomic E-state index is 11.0. The van der Waals surface area contributed by atoms with Crippen LogP contribution in [-0.4, -0.2) is 24.6 Å². The fourth-order valence-corrected chi connectivity index (χ4v) is 1.44. The van der Waals surface area contributed by atoms with Gasteiger partial charge in [-0.25, -0.2) is 9.78 Å². The molecule has 2 N–H and O–H groups in total. The second-order valence-corrected chi connectivity index (χ2v) is 3.09. The lowest BCUT2D eigenvalue weighted by atomic mass is 10.5. The molecule has 70 valence electrons. The molecule has 0 atom stereocenters. The molecule has 1 heterocycles. The summed E-state index contributed by atoms with van der Waals surface area (Å²) >= 11 is 1.38. The van der Waals surface area contributed by atoms with E-state index in [1.807, 2.05) is 0 Å². The zero-order chi connectivity index (χ0) is 9.68. The highest BCUT2D eigenvalue weighted by Gasteiger charge is 2.08. The van der Waals surface area contributed by atoms with E-state index in [2.05, 4.69) is 9.72 Å². The van der Waals surface area contributed by atoms with E-state index >= 15 is 0 Å². The number of thiazole rings is 1. The number of hydrogen-bond acceptors (Lipinski definition) is 5. The second-order valence-electron chi connectivity index (χ2n) is 2.20. The van der Waals surface area contributed by atoms with E-state index in [0.29, 0.717) is 12.2 Å². The third-order valence-electron chi connectivity index (χ3n) is 1.31. The standard InChI is InChI=1S/C8H10N2O2S/c1-12-8(11)6-5-13-7(10-6)3-2-4-9/h2-3,5H,4,9H2,1H3. The first-order chi connectivity index (χ1) is 6.27. The van der Waals surface area contributed by atoms with Crippen LogP contribution in [-0.2, 0) is 4.74 Å². The Labute approximate surface area is 80.0 Å². The Balaban J connectivity index is 2.74. The normalized spacial score (nSPS) is 10.6. The summed E-state index contributed by atoms with van der Waals surface area (Å²) in [4.78, 5) is 15.0. The molecule has 4 nitrogen and oxygen atoms in total. The van der Waals surface area contributed by atoms with Crippen molar-refractivity contribution in [1.82, 2.24) is 4.98 Å². The molecule has 0 aliphatic heterocycles. The number of methoxy groups -OCH3 is 1. The smallest absolute Gasteiger partial charge is 0.357 e. The van der Waals surface area contributed by atoms with Crippen molar-refractivity contribution in [2.75, 3.05) is 13.7 Å². The topological polar surface area (TPSA) is 65.2 Å². The molecular weight excluding hydrogens is 188 g/mol. The number of aromatic nitrogens is 1. The molecule has 0 unspecified atom stereocenters. The molecule has 1 aromatic heterocycles. The summed E-state index contributed by atoms with van der Waals surface area (Å²) < 4.78 is 4.51. The van der Waals surface area contributed by atoms with Crippen LogP contribution in [0.4, 0.5) is 0 Å². The maximum Gasteiger partial charge on any atom is 0.357 e. The van der Waals surface area contributed by atoms with Gasteiger partial charge in [-0.15, -0.1) is 11.3 Å². The van der Waals surface area contributed by atoms with Crippen molar-refractivity contribution in [3.05, 3.63) is 22.2 Å².